The van der Waals surface area contributed by atoms with Crippen molar-refractivity contribution in [1.82, 2.24) is 9.97 Å². The smallest absolute Gasteiger partial charge is 0.224 e. The third-order valence-corrected chi connectivity index (χ3v) is 4.52. The molecule has 0 saturated carbocycles. The molecule has 1 heterocycles. The first-order valence-electron chi connectivity index (χ1n) is 5.35. The van der Waals surface area contributed by atoms with E-state index in [-0.39, 0.29) is 15.9 Å². The second-order valence-corrected chi connectivity index (χ2v) is 6.29. The van der Waals surface area contributed by atoms with Crippen LogP contribution in [0.15, 0.2) is 23.1 Å². The molecule has 7 heteroatoms. The fourth-order valence-electron chi connectivity index (χ4n) is 1.63. The van der Waals surface area contributed by atoms with Crippen LogP contribution in [0.4, 0.5) is 5.82 Å². The summed E-state index contributed by atoms with van der Waals surface area (Å²) in [5.74, 6) is 0.626. The molecule has 0 spiro atoms. The Morgan fingerprint density at radius 2 is 2.06 bits per heavy atom. The van der Waals surface area contributed by atoms with E-state index >= 15 is 0 Å². The van der Waals surface area contributed by atoms with Gasteiger partial charge in [-0.05, 0) is 29.8 Å². The molecule has 0 amide bonds. The molecule has 5 nitrogen and oxygen atoms in total. The Hall–Kier alpha value is -1.40. The predicted molar refractivity (Wildman–Crippen MR) is 71.8 cm³/mol. The van der Waals surface area contributed by atoms with E-state index in [2.05, 4.69) is 15.3 Å². The van der Waals surface area contributed by atoms with Crippen LogP contribution >= 0.6 is 11.6 Å². The lowest BCUT2D eigenvalue weighted by Crippen LogP contribution is -2.04. The number of halogens is 1. The summed E-state index contributed by atoms with van der Waals surface area (Å²) in [4.78, 5) is 8.31. The SMILES string of the molecule is CCS(=O)(=O)c1ccc2c(NC)nc(Cl)nc2c1. The van der Waals surface area contributed by atoms with Crippen molar-refractivity contribution in [3.63, 3.8) is 0 Å². The van der Waals surface area contributed by atoms with Crippen LogP contribution < -0.4 is 5.32 Å². The molecule has 0 saturated heterocycles. The van der Waals surface area contributed by atoms with Crippen LogP contribution in [0, 0.1) is 0 Å². The summed E-state index contributed by atoms with van der Waals surface area (Å²) in [7, 11) is -1.53. The second kappa shape index (κ2) is 4.70. The van der Waals surface area contributed by atoms with E-state index in [4.69, 9.17) is 11.6 Å². The number of nitrogens with zero attached hydrogens (tertiary/aromatic N) is 2. The molecule has 0 atom stereocenters. The Kier molecular flexibility index (Phi) is 3.41. The lowest BCUT2D eigenvalue weighted by atomic mass is 10.2. The van der Waals surface area contributed by atoms with E-state index in [9.17, 15) is 8.42 Å². The summed E-state index contributed by atoms with van der Waals surface area (Å²) in [5, 5.41) is 3.71. The normalized spacial score (nSPS) is 11.7. The molecule has 0 unspecified atom stereocenters. The van der Waals surface area contributed by atoms with Gasteiger partial charge in [0.2, 0.25) is 5.28 Å². The fraction of sp³-hybridized carbons (Fsp3) is 0.273. The molecule has 0 radical (unpaired) electrons. The topological polar surface area (TPSA) is 72.0 Å². The van der Waals surface area contributed by atoms with Crippen molar-refractivity contribution in [2.45, 2.75) is 11.8 Å². The maximum Gasteiger partial charge on any atom is 0.224 e. The van der Waals surface area contributed by atoms with Crippen LogP contribution in [0.5, 0.6) is 0 Å². The molecule has 0 aliphatic rings. The lowest BCUT2D eigenvalue weighted by molar-refractivity contribution is 0.597. The van der Waals surface area contributed by atoms with Gasteiger partial charge in [-0.15, -0.1) is 0 Å². The number of hydrogen-bond acceptors (Lipinski definition) is 5. The molecule has 0 aliphatic carbocycles. The van der Waals surface area contributed by atoms with E-state index in [0.29, 0.717) is 11.3 Å². The molecule has 0 aliphatic heterocycles. The molecule has 2 aromatic rings. The zero-order valence-electron chi connectivity index (χ0n) is 9.94. The highest BCUT2D eigenvalue weighted by atomic mass is 35.5. The van der Waals surface area contributed by atoms with Gasteiger partial charge in [-0.2, -0.15) is 0 Å². The molecule has 1 aromatic heterocycles. The molecule has 0 bridgehead atoms. The zero-order chi connectivity index (χ0) is 13.3. The van der Waals surface area contributed by atoms with Crippen molar-refractivity contribution >= 4 is 38.2 Å². The summed E-state index contributed by atoms with van der Waals surface area (Å²) < 4.78 is 23.6. The Morgan fingerprint density at radius 3 is 2.67 bits per heavy atom. The van der Waals surface area contributed by atoms with Gasteiger partial charge in [-0.25, -0.2) is 18.4 Å². The molecule has 1 N–H and O–H groups in total. The number of rotatable bonds is 3. The second-order valence-electron chi connectivity index (χ2n) is 3.67. The molecular weight excluding hydrogens is 274 g/mol. The van der Waals surface area contributed by atoms with Gasteiger partial charge in [0, 0.05) is 12.4 Å². The largest absolute Gasteiger partial charge is 0.372 e. The Morgan fingerprint density at radius 1 is 1.33 bits per heavy atom. The minimum atomic E-state index is -3.25. The summed E-state index contributed by atoms with van der Waals surface area (Å²) in [5.41, 5.74) is 0.508. The number of benzene rings is 1. The zero-order valence-corrected chi connectivity index (χ0v) is 11.5. The van der Waals surface area contributed by atoms with Crippen LogP contribution in [-0.2, 0) is 9.84 Å². The summed E-state index contributed by atoms with van der Waals surface area (Å²) in [6.07, 6.45) is 0. The Bertz CT molecular complexity index is 701. The van der Waals surface area contributed by atoms with Crippen molar-refractivity contribution in [3.8, 4) is 0 Å². The molecular formula is C11H12ClN3O2S. The van der Waals surface area contributed by atoms with Crippen LogP contribution in [0.3, 0.4) is 0 Å². The van der Waals surface area contributed by atoms with E-state index in [1.807, 2.05) is 0 Å². The number of aromatic nitrogens is 2. The summed E-state index contributed by atoms with van der Waals surface area (Å²) in [6.45, 7) is 1.60. The monoisotopic (exact) mass is 285 g/mol. The van der Waals surface area contributed by atoms with E-state index < -0.39 is 9.84 Å². The summed E-state index contributed by atoms with van der Waals surface area (Å²) in [6, 6.07) is 4.75. The van der Waals surface area contributed by atoms with Crippen LogP contribution in [0.2, 0.25) is 5.28 Å². The fourth-order valence-corrected chi connectivity index (χ4v) is 2.71. The van der Waals surface area contributed by atoms with Crippen molar-refractivity contribution in [3.05, 3.63) is 23.5 Å². The van der Waals surface area contributed by atoms with Crippen molar-refractivity contribution in [1.29, 1.82) is 0 Å². The van der Waals surface area contributed by atoms with Gasteiger partial charge in [-0.3, -0.25) is 0 Å². The van der Waals surface area contributed by atoms with Gasteiger partial charge in [0.25, 0.3) is 0 Å². The first-order valence-corrected chi connectivity index (χ1v) is 7.38. The number of sulfone groups is 1. The van der Waals surface area contributed by atoms with Gasteiger partial charge < -0.3 is 5.32 Å². The standard InChI is InChI=1S/C11H12ClN3O2S/c1-3-18(16,17)7-4-5-8-9(6-7)14-11(12)15-10(8)13-2/h4-6H,3H2,1-2H3,(H,13,14,15). The van der Waals surface area contributed by atoms with Gasteiger partial charge >= 0.3 is 0 Å². The Balaban J connectivity index is 2.73. The molecule has 1 aromatic carbocycles. The van der Waals surface area contributed by atoms with Crippen molar-refractivity contribution in [2.24, 2.45) is 0 Å². The minimum absolute atomic E-state index is 0.0518. The maximum absolute atomic E-state index is 11.8. The van der Waals surface area contributed by atoms with Crippen LogP contribution in [0.25, 0.3) is 10.9 Å². The number of nitrogens with one attached hydrogen (secondary N) is 1. The van der Waals surface area contributed by atoms with E-state index in [1.54, 1.807) is 26.1 Å². The number of fused-ring (bicyclic) bond motifs is 1. The van der Waals surface area contributed by atoms with Gasteiger partial charge in [0.15, 0.2) is 9.84 Å². The van der Waals surface area contributed by atoms with E-state index in [1.165, 1.54) is 6.07 Å². The average Bonchev–Trinajstić information content (AvgIpc) is 2.36. The third-order valence-electron chi connectivity index (χ3n) is 2.62. The van der Waals surface area contributed by atoms with Crippen molar-refractivity contribution in [2.75, 3.05) is 18.1 Å². The molecule has 18 heavy (non-hydrogen) atoms. The third kappa shape index (κ3) is 2.26. The molecule has 2 rings (SSSR count). The number of anilines is 1. The highest BCUT2D eigenvalue weighted by Gasteiger charge is 2.14. The quantitative estimate of drug-likeness (QED) is 0.875. The lowest BCUT2D eigenvalue weighted by Gasteiger charge is -2.07. The van der Waals surface area contributed by atoms with Crippen LogP contribution in [0.1, 0.15) is 6.92 Å². The molecule has 0 fully saturated rings. The highest BCUT2D eigenvalue weighted by Crippen LogP contribution is 2.24. The first kappa shape index (κ1) is 13.0. The van der Waals surface area contributed by atoms with Crippen LogP contribution in [-0.4, -0.2) is 31.2 Å². The Labute approximate surface area is 110 Å². The van der Waals surface area contributed by atoms with Gasteiger partial charge in [0.05, 0.1) is 16.2 Å². The molecule has 96 valence electrons. The maximum atomic E-state index is 11.8. The summed E-state index contributed by atoms with van der Waals surface area (Å²) >= 11 is 5.79. The van der Waals surface area contributed by atoms with E-state index in [0.717, 1.165) is 5.39 Å². The predicted octanol–water partition coefficient (Wildman–Crippen LogP) is 2.12. The van der Waals surface area contributed by atoms with Gasteiger partial charge in [-0.1, -0.05) is 6.92 Å². The highest BCUT2D eigenvalue weighted by molar-refractivity contribution is 7.91. The average molecular weight is 286 g/mol. The van der Waals surface area contributed by atoms with Crippen molar-refractivity contribution < 1.29 is 8.42 Å². The first-order chi connectivity index (χ1) is 8.47. The van der Waals surface area contributed by atoms with Gasteiger partial charge in [0.1, 0.15) is 5.82 Å². The minimum Gasteiger partial charge on any atom is -0.372 e. The number of hydrogen-bond donors (Lipinski definition) is 1.